The second-order valence-corrected chi connectivity index (χ2v) is 4.08. The lowest BCUT2D eigenvalue weighted by molar-refractivity contribution is -0.384. The second kappa shape index (κ2) is 5.48. The summed E-state index contributed by atoms with van der Waals surface area (Å²) < 4.78 is 13.7. The summed E-state index contributed by atoms with van der Waals surface area (Å²) in [4.78, 5) is 22.0. The van der Waals surface area contributed by atoms with Gasteiger partial charge in [0.2, 0.25) is 0 Å². The molecule has 0 fully saturated rings. The second-order valence-electron chi connectivity index (χ2n) is 4.08. The maximum absolute atomic E-state index is 13.7. The number of hydrogen-bond acceptors (Lipinski definition) is 7. The van der Waals surface area contributed by atoms with Gasteiger partial charge >= 0.3 is 0 Å². The highest BCUT2D eigenvalue weighted by atomic mass is 19.1. The molecule has 0 aliphatic heterocycles. The van der Waals surface area contributed by atoms with Crippen molar-refractivity contribution in [2.24, 2.45) is 0 Å². The smallest absolute Gasteiger partial charge is 0.293 e. The average molecular weight is 295 g/mol. The lowest BCUT2D eigenvalue weighted by Crippen LogP contribution is -2.29. The third-order valence-electron chi connectivity index (χ3n) is 2.69. The van der Waals surface area contributed by atoms with Crippen LogP contribution in [0.25, 0.3) is 0 Å². The van der Waals surface area contributed by atoms with Gasteiger partial charge in [0.15, 0.2) is 5.82 Å². The minimum absolute atomic E-state index is 0.174. The Morgan fingerprint density at radius 1 is 1.57 bits per heavy atom. The summed E-state index contributed by atoms with van der Waals surface area (Å²) in [6.07, 6.45) is 0. The first-order valence-corrected chi connectivity index (χ1v) is 5.68. The Morgan fingerprint density at radius 2 is 2.29 bits per heavy atom. The van der Waals surface area contributed by atoms with Crippen LogP contribution in [0.4, 0.5) is 15.8 Å². The van der Waals surface area contributed by atoms with Gasteiger partial charge in [-0.15, -0.1) is 10.2 Å². The first kappa shape index (κ1) is 14.3. The Kier molecular flexibility index (Phi) is 3.73. The van der Waals surface area contributed by atoms with Crippen LogP contribution >= 0.6 is 0 Å². The molecule has 11 heteroatoms. The van der Waals surface area contributed by atoms with E-state index in [0.717, 1.165) is 12.1 Å². The Balaban J connectivity index is 2.31. The molecule has 0 radical (unpaired) electrons. The molecular weight excluding hydrogens is 285 g/mol. The zero-order valence-electron chi connectivity index (χ0n) is 10.7. The predicted molar refractivity (Wildman–Crippen MR) is 67.5 cm³/mol. The molecular formula is C10H10FN7O3. The van der Waals surface area contributed by atoms with Gasteiger partial charge in [0.05, 0.1) is 11.0 Å². The van der Waals surface area contributed by atoms with Crippen LogP contribution in [0.1, 0.15) is 29.1 Å². The molecule has 1 atom stereocenters. The van der Waals surface area contributed by atoms with Crippen LogP contribution in [0, 0.1) is 15.9 Å². The van der Waals surface area contributed by atoms with E-state index >= 15 is 0 Å². The van der Waals surface area contributed by atoms with Crippen LogP contribution in [-0.4, -0.2) is 31.5 Å². The average Bonchev–Trinajstić information content (AvgIpc) is 2.91. The van der Waals surface area contributed by atoms with Gasteiger partial charge in [-0.3, -0.25) is 14.9 Å². The lowest BCUT2D eigenvalue weighted by Gasteiger charge is -2.12. The fourth-order valence-corrected chi connectivity index (χ4v) is 1.66. The SMILES string of the molecule is CC(NC(=O)c1c(F)ccc([N+](=O)[O-])c1N)c1nn[nH]n1. The maximum atomic E-state index is 13.7. The number of nitrogens with zero attached hydrogens (tertiary/aromatic N) is 4. The molecule has 0 aliphatic rings. The molecule has 21 heavy (non-hydrogen) atoms. The van der Waals surface area contributed by atoms with Crippen LogP contribution in [-0.2, 0) is 0 Å². The molecule has 2 aromatic rings. The molecule has 2 rings (SSSR count). The quantitative estimate of drug-likeness (QED) is 0.417. The number of benzene rings is 1. The summed E-state index contributed by atoms with van der Waals surface area (Å²) >= 11 is 0. The number of nitro benzene ring substituents is 1. The zero-order chi connectivity index (χ0) is 15.6. The number of carbonyl (C=O) groups excluding carboxylic acids is 1. The summed E-state index contributed by atoms with van der Waals surface area (Å²) in [6, 6.07) is 1.02. The zero-order valence-corrected chi connectivity index (χ0v) is 10.7. The number of aromatic nitrogens is 4. The first-order valence-electron chi connectivity index (χ1n) is 5.68. The van der Waals surface area contributed by atoms with Crippen molar-refractivity contribution in [1.29, 1.82) is 0 Å². The fourth-order valence-electron chi connectivity index (χ4n) is 1.66. The Bertz CT molecular complexity index is 688. The van der Waals surface area contributed by atoms with E-state index < -0.39 is 39.6 Å². The molecule has 0 saturated carbocycles. The van der Waals surface area contributed by atoms with Crippen LogP contribution in [0.5, 0.6) is 0 Å². The Hall–Kier alpha value is -3.11. The minimum Gasteiger partial charge on any atom is -0.392 e. The molecule has 0 spiro atoms. The Labute approximate surface area is 116 Å². The van der Waals surface area contributed by atoms with Crippen LogP contribution in [0.15, 0.2) is 12.1 Å². The highest BCUT2D eigenvalue weighted by molar-refractivity contribution is 6.01. The Morgan fingerprint density at radius 3 is 2.86 bits per heavy atom. The van der Waals surface area contributed by atoms with Gasteiger partial charge in [0, 0.05) is 6.07 Å². The number of nitro groups is 1. The minimum atomic E-state index is -0.962. The predicted octanol–water partition coefficient (Wildman–Crippen LogP) is 0.320. The molecule has 4 N–H and O–H groups in total. The summed E-state index contributed by atoms with van der Waals surface area (Å²) in [7, 11) is 0. The van der Waals surface area contributed by atoms with Gasteiger partial charge in [-0.05, 0) is 13.0 Å². The van der Waals surface area contributed by atoms with Gasteiger partial charge in [-0.25, -0.2) is 4.39 Å². The van der Waals surface area contributed by atoms with Crippen molar-refractivity contribution >= 4 is 17.3 Å². The van der Waals surface area contributed by atoms with E-state index in [9.17, 15) is 19.3 Å². The first-order chi connectivity index (χ1) is 9.91. The number of nitrogens with one attached hydrogen (secondary N) is 2. The van der Waals surface area contributed by atoms with Crippen LogP contribution in [0.3, 0.4) is 0 Å². The molecule has 0 aliphatic carbocycles. The largest absolute Gasteiger partial charge is 0.392 e. The normalized spacial score (nSPS) is 11.9. The van der Waals surface area contributed by atoms with Crippen molar-refractivity contribution in [2.45, 2.75) is 13.0 Å². The lowest BCUT2D eigenvalue weighted by atomic mass is 10.1. The summed E-state index contributed by atoms with van der Waals surface area (Å²) in [5.74, 6) is -1.70. The molecule has 10 nitrogen and oxygen atoms in total. The van der Waals surface area contributed by atoms with Crippen molar-refractivity contribution in [3.05, 3.63) is 39.5 Å². The molecule has 1 aromatic heterocycles. The molecule has 1 heterocycles. The number of nitrogen functional groups attached to an aromatic ring is 1. The van der Waals surface area contributed by atoms with E-state index in [4.69, 9.17) is 5.73 Å². The summed E-state index contributed by atoms with van der Waals surface area (Å²) in [5.41, 5.74) is 3.80. The molecule has 1 unspecified atom stereocenters. The number of anilines is 1. The highest BCUT2D eigenvalue weighted by Gasteiger charge is 2.25. The number of halogens is 1. The van der Waals surface area contributed by atoms with E-state index in [0.29, 0.717) is 0 Å². The number of hydrogen-bond donors (Lipinski definition) is 3. The van der Waals surface area contributed by atoms with Crippen molar-refractivity contribution in [3.63, 3.8) is 0 Å². The van der Waals surface area contributed by atoms with Crippen LogP contribution < -0.4 is 11.1 Å². The molecule has 110 valence electrons. The number of tetrazole rings is 1. The van der Waals surface area contributed by atoms with E-state index in [-0.39, 0.29) is 5.82 Å². The molecule has 1 amide bonds. The monoisotopic (exact) mass is 295 g/mol. The van der Waals surface area contributed by atoms with Crippen molar-refractivity contribution in [3.8, 4) is 0 Å². The highest BCUT2D eigenvalue weighted by Crippen LogP contribution is 2.27. The number of aromatic amines is 1. The number of nitrogens with two attached hydrogens (primary N) is 1. The van der Waals surface area contributed by atoms with E-state index in [1.165, 1.54) is 6.92 Å². The number of H-pyrrole nitrogens is 1. The van der Waals surface area contributed by atoms with Crippen molar-refractivity contribution in [1.82, 2.24) is 25.9 Å². The fraction of sp³-hybridized carbons (Fsp3) is 0.200. The topological polar surface area (TPSA) is 153 Å². The van der Waals surface area contributed by atoms with Crippen LogP contribution in [0.2, 0.25) is 0 Å². The van der Waals surface area contributed by atoms with Gasteiger partial charge in [-0.2, -0.15) is 5.21 Å². The van der Waals surface area contributed by atoms with E-state index in [1.807, 2.05) is 0 Å². The number of carbonyl (C=O) groups is 1. The van der Waals surface area contributed by atoms with Gasteiger partial charge < -0.3 is 11.1 Å². The number of amides is 1. The van der Waals surface area contributed by atoms with Gasteiger partial charge in [0.1, 0.15) is 17.1 Å². The number of rotatable bonds is 4. The van der Waals surface area contributed by atoms with E-state index in [1.54, 1.807) is 0 Å². The van der Waals surface area contributed by atoms with Crippen molar-refractivity contribution < 1.29 is 14.1 Å². The summed E-state index contributed by atoms with van der Waals surface area (Å²) in [5, 5.41) is 26.0. The van der Waals surface area contributed by atoms with E-state index in [2.05, 4.69) is 25.9 Å². The third kappa shape index (κ3) is 2.75. The summed E-state index contributed by atoms with van der Waals surface area (Å²) in [6.45, 7) is 1.54. The molecule has 0 saturated heterocycles. The van der Waals surface area contributed by atoms with Gasteiger partial charge in [-0.1, -0.05) is 5.21 Å². The maximum Gasteiger partial charge on any atom is 0.293 e. The third-order valence-corrected chi connectivity index (χ3v) is 2.69. The molecule has 0 bridgehead atoms. The van der Waals surface area contributed by atoms with Gasteiger partial charge in [0.25, 0.3) is 11.6 Å². The standard InChI is InChI=1S/C10H10FN7O3/c1-4(9-14-16-17-15-9)13-10(19)7-5(11)2-3-6(8(7)12)18(20)21/h2-4H,12H2,1H3,(H,13,19)(H,14,15,16,17). The van der Waals surface area contributed by atoms with Crippen molar-refractivity contribution in [2.75, 3.05) is 5.73 Å². The molecule has 1 aromatic carbocycles.